The largest absolute Gasteiger partial charge is 0.326 e. The molecule has 0 aromatic heterocycles. The van der Waals surface area contributed by atoms with E-state index in [4.69, 9.17) is 5.73 Å². The molecule has 0 aliphatic rings. The molecule has 0 bridgehead atoms. The van der Waals surface area contributed by atoms with Gasteiger partial charge in [-0.3, -0.25) is 4.90 Å². The van der Waals surface area contributed by atoms with Crippen molar-refractivity contribution < 1.29 is 4.39 Å². The summed E-state index contributed by atoms with van der Waals surface area (Å²) in [5, 5.41) is 0. The summed E-state index contributed by atoms with van der Waals surface area (Å²) in [6.45, 7) is 7.43. The highest BCUT2D eigenvalue weighted by atomic mass is 19.1. The molecule has 0 aliphatic heterocycles. The monoisotopic (exact) mass is 252 g/mol. The summed E-state index contributed by atoms with van der Waals surface area (Å²) < 4.78 is 13.0. The second-order valence-corrected chi connectivity index (χ2v) is 5.31. The van der Waals surface area contributed by atoms with E-state index in [0.29, 0.717) is 5.92 Å². The third kappa shape index (κ3) is 4.07. The zero-order valence-corrected chi connectivity index (χ0v) is 11.9. The van der Waals surface area contributed by atoms with Gasteiger partial charge < -0.3 is 5.73 Å². The maximum Gasteiger partial charge on any atom is 0.123 e. The molecule has 2 N–H and O–H groups in total. The number of rotatable bonds is 6. The fourth-order valence-corrected chi connectivity index (χ4v) is 2.35. The van der Waals surface area contributed by atoms with E-state index in [-0.39, 0.29) is 17.9 Å². The van der Waals surface area contributed by atoms with Gasteiger partial charge in [0, 0.05) is 18.6 Å². The molecule has 18 heavy (non-hydrogen) atoms. The Morgan fingerprint density at radius 1 is 1.22 bits per heavy atom. The highest BCUT2D eigenvalue weighted by Gasteiger charge is 2.22. The summed E-state index contributed by atoms with van der Waals surface area (Å²) >= 11 is 0. The molecule has 0 heterocycles. The van der Waals surface area contributed by atoms with Crippen molar-refractivity contribution in [3.8, 4) is 0 Å². The van der Waals surface area contributed by atoms with Gasteiger partial charge in [0.1, 0.15) is 5.82 Å². The van der Waals surface area contributed by atoms with E-state index in [1.807, 2.05) is 19.1 Å². The quantitative estimate of drug-likeness (QED) is 0.842. The highest BCUT2D eigenvalue weighted by molar-refractivity contribution is 5.21. The third-order valence-electron chi connectivity index (χ3n) is 3.48. The molecule has 0 saturated carbocycles. The minimum absolute atomic E-state index is 0.0181. The van der Waals surface area contributed by atoms with Crippen molar-refractivity contribution >= 4 is 0 Å². The smallest absolute Gasteiger partial charge is 0.123 e. The van der Waals surface area contributed by atoms with Crippen molar-refractivity contribution in [2.24, 2.45) is 11.7 Å². The lowest BCUT2D eigenvalue weighted by Crippen LogP contribution is -2.39. The van der Waals surface area contributed by atoms with Crippen molar-refractivity contribution in [1.29, 1.82) is 0 Å². The Hall–Kier alpha value is -0.930. The maximum atomic E-state index is 13.0. The van der Waals surface area contributed by atoms with E-state index >= 15 is 0 Å². The van der Waals surface area contributed by atoms with Gasteiger partial charge in [0.05, 0.1) is 0 Å². The number of likely N-dealkylation sites (N-methyl/N-ethyl adjacent to an activating group) is 1. The number of benzene rings is 1. The second kappa shape index (κ2) is 6.86. The van der Waals surface area contributed by atoms with Crippen LogP contribution in [0.25, 0.3) is 0 Å². The summed E-state index contributed by atoms with van der Waals surface area (Å²) in [6, 6.07) is 6.82. The minimum atomic E-state index is -0.202. The van der Waals surface area contributed by atoms with Gasteiger partial charge in [0.2, 0.25) is 0 Å². The van der Waals surface area contributed by atoms with Gasteiger partial charge in [-0.15, -0.1) is 0 Å². The lowest BCUT2D eigenvalue weighted by Gasteiger charge is -2.33. The van der Waals surface area contributed by atoms with Crippen LogP contribution < -0.4 is 5.73 Å². The molecule has 0 aliphatic carbocycles. The van der Waals surface area contributed by atoms with E-state index in [2.05, 4.69) is 25.8 Å². The Kier molecular flexibility index (Phi) is 5.76. The summed E-state index contributed by atoms with van der Waals surface area (Å²) in [5.74, 6) is 0.434. The molecule has 0 saturated heterocycles. The predicted octanol–water partition coefficient (Wildman–Crippen LogP) is 3.19. The van der Waals surface area contributed by atoms with E-state index in [1.165, 1.54) is 12.1 Å². The van der Waals surface area contributed by atoms with Crippen LogP contribution in [0.1, 0.15) is 38.8 Å². The van der Waals surface area contributed by atoms with Crippen molar-refractivity contribution in [2.45, 2.75) is 39.3 Å². The molecular weight excluding hydrogens is 227 g/mol. The average molecular weight is 252 g/mol. The zero-order chi connectivity index (χ0) is 13.7. The number of hydrogen-bond donors (Lipinski definition) is 1. The van der Waals surface area contributed by atoms with E-state index in [0.717, 1.165) is 18.5 Å². The fraction of sp³-hybridized carbons (Fsp3) is 0.600. The topological polar surface area (TPSA) is 29.3 Å². The van der Waals surface area contributed by atoms with Gasteiger partial charge in [-0.05, 0) is 37.6 Å². The first-order chi connectivity index (χ1) is 8.45. The lowest BCUT2D eigenvalue weighted by molar-refractivity contribution is 0.190. The van der Waals surface area contributed by atoms with E-state index < -0.39 is 0 Å². The van der Waals surface area contributed by atoms with Gasteiger partial charge in [-0.2, -0.15) is 0 Å². The van der Waals surface area contributed by atoms with Gasteiger partial charge in [-0.25, -0.2) is 4.39 Å². The van der Waals surface area contributed by atoms with Crippen LogP contribution in [-0.2, 0) is 0 Å². The van der Waals surface area contributed by atoms with Crippen molar-refractivity contribution in [2.75, 3.05) is 13.6 Å². The molecular formula is C15H25FN2. The number of hydrogen-bond acceptors (Lipinski definition) is 2. The van der Waals surface area contributed by atoms with Crippen molar-refractivity contribution in [3.05, 3.63) is 35.6 Å². The summed E-state index contributed by atoms with van der Waals surface area (Å²) in [6.07, 6.45) is 1.15. The van der Waals surface area contributed by atoms with E-state index in [9.17, 15) is 4.39 Å². The molecule has 1 rings (SSSR count). The molecule has 0 spiro atoms. The third-order valence-corrected chi connectivity index (χ3v) is 3.48. The molecule has 3 atom stereocenters. The number of nitrogens with two attached hydrogens (primary N) is 1. The zero-order valence-electron chi connectivity index (χ0n) is 11.9. The lowest BCUT2D eigenvalue weighted by atomic mass is 9.98. The molecule has 0 fully saturated rings. The van der Waals surface area contributed by atoms with Crippen molar-refractivity contribution in [3.63, 3.8) is 0 Å². The molecule has 1 aromatic carbocycles. The SMILES string of the molecule is CCC(C)CN(C)C(c1ccc(F)cc1)C(C)N. The Bertz CT molecular complexity index is 348. The molecule has 0 radical (unpaired) electrons. The van der Waals surface area contributed by atoms with E-state index in [1.54, 1.807) is 0 Å². The molecule has 1 aromatic rings. The minimum Gasteiger partial charge on any atom is -0.326 e. The van der Waals surface area contributed by atoms with Crippen LogP contribution in [0.3, 0.4) is 0 Å². The first-order valence-electron chi connectivity index (χ1n) is 6.67. The van der Waals surface area contributed by atoms with Crippen LogP contribution in [0.4, 0.5) is 4.39 Å². The number of nitrogens with zero attached hydrogens (tertiary/aromatic N) is 1. The Labute approximate surface area is 110 Å². The van der Waals surface area contributed by atoms with Crippen molar-refractivity contribution in [1.82, 2.24) is 4.90 Å². The average Bonchev–Trinajstić information content (AvgIpc) is 2.31. The van der Waals surface area contributed by atoms with Crippen LogP contribution >= 0.6 is 0 Å². The molecule has 3 unspecified atom stereocenters. The fourth-order valence-electron chi connectivity index (χ4n) is 2.35. The summed E-state index contributed by atoms with van der Waals surface area (Å²) in [4.78, 5) is 2.27. The first-order valence-corrected chi connectivity index (χ1v) is 6.67. The Balaban J connectivity index is 2.85. The van der Waals surface area contributed by atoms with Crippen LogP contribution in [0.15, 0.2) is 24.3 Å². The maximum absolute atomic E-state index is 13.0. The second-order valence-electron chi connectivity index (χ2n) is 5.31. The first kappa shape index (κ1) is 15.1. The summed E-state index contributed by atoms with van der Waals surface area (Å²) in [7, 11) is 2.09. The molecule has 102 valence electrons. The molecule has 3 heteroatoms. The molecule has 2 nitrogen and oxygen atoms in total. The standard InChI is InChI=1S/C15H25FN2/c1-5-11(2)10-18(4)15(12(3)17)13-6-8-14(16)9-7-13/h6-9,11-12,15H,5,10,17H2,1-4H3. The van der Waals surface area contributed by atoms with Gasteiger partial charge >= 0.3 is 0 Å². The summed E-state index contributed by atoms with van der Waals surface area (Å²) in [5.41, 5.74) is 7.17. The van der Waals surface area contributed by atoms with Crippen LogP contribution in [-0.4, -0.2) is 24.5 Å². The van der Waals surface area contributed by atoms with Crippen LogP contribution in [0.2, 0.25) is 0 Å². The Morgan fingerprint density at radius 2 is 1.78 bits per heavy atom. The van der Waals surface area contributed by atoms with Gasteiger partial charge in [0.25, 0.3) is 0 Å². The highest BCUT2D eigenvalue weighted by Crippen LogP contribution is 2.23. The predicted molar refractivity (Wildman–Crippen MR) is 74.9 cm³/mol. The van der Waals surface area contributed by atoms with Crippen LogP contribution in [0, 0.1) is 11.7 Å². The normalized spacial score (nSPS) is 16.6. The van der Waals surface area contributed by atoms with Gasteiger partial charge in [0.15, 0.2) is 0 Å². The Morgan fingerprint density at radius 3 is 2.22 bits per heavy atom. The number of halogens is 1. The van der Waals surface area contributed by atoms with Gasteiger partial charge in [-0.1, -0.05) is 32.4 Å². The van der Waals surface area contributed by atoms with Crippen LogP contribution in [0.5, 0.6) is 0 Å². The molecule has 0 amide bonds.